The van der Waals surface area contributed by atoms with Crippen LogP contribution in [-0.2, 0) is 14.3 Å². The molecule has 0 aromatic heterocycles. The fourth-order valence-corrected chi connectivity index (χ4v) is 3.95. The number of carbonyl (C=O) groups excluding carboxylic acids is 3. The number of nitrogens with zero attached hydrogens (tertiary/aromatic N) is 1. The summed E-state index contributed by atoms with van der Waals surface area (Å²) in [5.74, 6) is -0.579. The quantitative estimate of drug-likeness (QED) is 0.241. The number of esters is 1. The molecular formula is C28H36N4O4. The van der Waals surface area contributed by atoms with Crippen molar-refractivity contribution in [1.29, 1.82) is 0 Å². The molecule has 0 bridgehead atoms. The normalized spacial score (nSPS) is 13.8. The van der Waals surface area contributed by atoms with Crippen LogP contribution in [0.3, 0.4) is 0 Å². The first-order valence-electron chi connectivity index (χ1n) is 12.3. The molecule has 2 aromatic rings. The molecule has 0 aliphatic carbocycles. The number of benzene rings is 2. The van der Waals surface area contributed by atoms with Crippen molar-refractivity contribution in [2.45, 2.75) is 52.5 Å². The fraction of sp³-hybridized carbons (Fsp3) is 0.393. The first-order chi connectivity index (χ1) is 17.1. The van der Waals surface area contributed by atoms with E-state index in [1.165, 1.54) is 0 Å². The molecule has 3 rings (SSSR count). The molecule has 0 fully saturated rings. The number of anilines is 3. The maximum absolute atomic E-state index is 12.4. The van der Waals surface area contributed by atoms with Gasteiger partial charge in [0.05, 0.1) is 12.2 Å². The van der Waals surface area contributed by atoms with Gasteiger partial charge in [0.1, 0.15) is 0 Å². The Hall–Kier alpha value is -3.65. The Morgan fingerprint density at radius 3 is 2.53 bits per heavy atom. The molecule has 0 spiro atoms. The number of ether oxygens (including phenoxy) is 1. The van der Waals surface area contributed by atoms with Gasteiger partial charge in [-0.2, -0.15) is 0 Å². The van der Waals surface area contributed by atoms with Crippen LogP contribution in [0.15, 0.2) is 48.5 Å². The summed E-state index contributed by atoms with van der Waals surface area (Å²) in [5, 5.41) is 6.20. The number of rotatable bonds is 11. The van der Waals surface area contributed by atoms with Crippen molar-refractivity contribution in [2.24, 2.45) is 5.73 Å². The predicted octanol–water partition coefficient (Wildman–Crippen LogP) is 4.57. The maximum atomic E-state index is 12.4. The van der Waals surface area contributed by atoms with E-state index < -0.39 is 5.97 Å². The van der Waals surface area contributed by atoms with E-state index >= 15 is 0 Å². The van der Waals surface area contributed by atoms with Gasteiger partial charge in [-0.3, -0.25) is 9.59 Å². The minimum atomic E-state index is -0.403. The van der Waals surface area contributed by atoms with Crippen LogP contribution in [0.1, 0.15) is 62.9 Å². The monoisotopic (exact) mass is 492 g/mol. The van der Waals surface area contributed by atoms with Crippen LogP contribution in [-0.4, -0.2) is 43.0 Å². The van der Waals surface area contributed by atoms with Crippen molar-refractivity contribution in [3.8, 4) is 0 Å². The minimum Gasteiger partial charge on any atom is -0.462 e. The molecule has 1 aliphatic heterocycles. The lowest BCUT2D eigenvalue weighted by molar-refractivity contribution is -0.116. The second-order valence-electron chi connectivity index (χ2n) is 9.58. The van der Waals surface area contributed by atoms with Gasteiger partial charge in [0.2, 0.25) is 5.91 Å². The Morgan fingerprint density at radius 2 is 1.89 bits per heavy atom. The minimum absolute atomic E-state index is 0.0114. The number of nitrogens with two attached hydrogens (primary N) is 1. The Kier molecular flexibility index (Phi) is 8.88. The van der Waals surface area contributed by atoms with Crippen LogP contribution in [0.4, 0.5) is 17.1 Å². The molecule has 0 saturated heterocycles. The number of hydrogen-bond donors (Lipinski definition) is 3. The SMILES string of the molecule is CCOC(=O)c1ccc2c(c1)NC(=O)C2=CCCCNc1ccc(N(CCC(C)(C)N)C(C)=O)cc1. The molecule has 192 valence electrons. The molecule has 36 heavy (non-hydrogen) atoms. The van der Waals surface area contributed by atoms with Gasteiger partial charge in [-0.25, -0.2) is 4.79 Å². The molecule has 2 amide bonds. The zero-order chi connectivity index (χ0) is 26.3. The topological polar surface area (TPSA) is 114 Å². The number of amides is 2. The maximum Gasteiger partial charge on any atom is 0.338 e. The van der Waals surface area contributed by atoms with Crippen molar-refractivity contribution in [3.63, 3.8) is 0 Å². The molecule has 1 aliphatic rings. The number of nitrogens with one attached hydrogen (secondary N) is 2. The van der Waals surface area contributed by atoms with Crippen LogP contribution in [0.2, 0.25) is 0 Å². The van der Waals surface area contributed by atoms with Crippen molar-refractivity contribution in [2.75, 3.05) is 35.2 Å². The Morgan fingerprint density at radius 1 is 1.17 bits per heavy atom. The summed E-state index contributed by atoms with van der Waals surface area (Å²) < 4.78 is 5.03. The van der Waals surface area contributed by atoms with Gasteiger partial charge in [0.25, 0.3) is 5.91 Å². The van der Waals surface area contributed by atoms with E-state index in [4.69, 9.17) is 10.5 Å². The molecular weight excluding hydrogens is 456 g/mol. The molecule has 1 heterocycles. The van der Waals surface area contributed by atoms with E-state index in [0.29, 0.717) is 36.4 Å². The first kappa shape index (κ1) is 26.9. The highest BCUT2D eigenvalue weighted by molar-refractivity contribution is 6.31. The van der Waals surface area contributed by atoms with Crippen LogP contribution in [0, 0.1) is 0 Å². The lowest BCUT2D eigenvalue weighted by Crippen LogP contribution is -2.39. The van der Waals surface area contributed by atoms with Gasteiger partial charge >= 0.3 is 5.97 Å². The van der Waals surface area contributed by atoms with Gasteiger partial charge in [-0.05, 0) is 76.4 Å². The van der Waals surface area contributed by atoms with E-state index in [1.54, 1.807) is 36.9 Å². The Bertz CT molecular complexity index is 1130. The lowest BCUT2D eigenvalue weighted by atomic mass is 10.0. The van der Waals surface area contributed by atoms with Gasteiger partial charge in [-0.15, -0.1) is 0 Å². The average molecular weight is 493 g/mol. The third-order valence-corrected chi connectivity index (χ3v) is 5.91. The number of hydrogen-bond acceptors (Lipinski definition) is 6. The van der Waals surface area contributed by atoms with Crippen molar-refractivity contribution >= 4 is 40.4 Å². The van der Waals surface area contributed by atoms with Crippen molar-refractivity contribution in [3.05, 3.63) is 59.7 Å². The summed E-state index contributed by atoms with van der Waals surface area (Å²) in [6, 6.07) is 12.9. The summed E-state index contributed by atoms with van der Waals surface area (Å²) >= 11 is 0. The highest BCUT2D eigenvalue weighted by Crippen LogP contribution is 2.33. The molecule has 0 unspecified atom stereocenters. The van der Waals surface area contributed by atoms with Crippen LogP contribution in [0.5, 0.6) is 0 Å². The van der Waals surface area contributed by atoms with Gasteiger partial charge < -0.3 is 26.0 Å². The van der Waals surface area contributed by atoms with Gasteiger partial charge in [0, 0.05) is 53.8 Å². The summed E-state index contributed by atoms with van der Waals surface area (Å²) in [4.78, 5) is 38.2. The molecule has 4 N–H and O–H groups in total. The smallest absolute Gasteiger partial charge is 0.338 e. The fourth-order valence-electron chi connectivity index (χ4n) is 3.95. The summed E-state index contributed by atoms with van der Waals surface area (Å²) in [6.07, 6.45) is 4.19. The van der Waals surface area contributed by atoms with Crippen molar-refractivity contribution in [1.82, 2.24) is 0 Å². The first-order valence-corrected chi connectivity index (χ1v) is 12.3. The lowest BCUT2D eigenvalue weighted by Gasteiger charge is -2.26. The van der Waals surface area contributed by atoms with E-state index in [9.17, 15) is 14.4 Å². The molecule has 0 saturated carbocycles. The predicted molar refractivity (Wildman–Crippen MR) is 144 cm³/mol. The van der Waals surface area contributed by atoms with E-state index in [2.05, 4.69) is 10.6 Å². The van der Waals surface area contributed by atoms with Crippen molar-refractivity contribution < 1.29 is 19.1 Å². The van der Waals surface area contributed by atoms with Gasteiger partial charge in [-0.1, -0.05) is 12.1 Å². The molecule has 8 nitrogen and oxygen atoms in total. The van der Waals surface area contributed by atoms with Crippen LogP contribution >= 0.6 is 0 Å². The number of allylic oxidation sites excluding steroid dienone is 1. The molecule has 0 radical (unpaired) electrons. The number of carbonyl (C=O) groups is 3. The summed E-state index contributed by atoms with van der Waals surface area (Å²) in [7, 11) is 0. The molecule has 0 atom stereocenters. The van der Waals surface area contributed by atoms with Gasteiger partial charge in [0.15, 0.2) is 0 Å². The summed E-state index contributed by atoms with van der Waals surface area (Å²) in [5.41, 5.74) is 10.0. The largest absolute Gasteiger partial charge is 0.462 e. The Balaban J connectivity index is 1.52. The average Bonchev–Trinajstić information content (AvgIpc) is 3.13. The Labute approximate surface area is 212 Å². The molecule has 2 aromatic carbocycles. The van der Waals surface area contributed by atoms with E-state index in [1.807, 2.05) is 44.2 Å². The highest BCUT2D eigenvalue weighted by Gasteiger charge is 2.25. The zero-order valence-corrected chi connectivity index (χ0v) is 21.5. The highest BCUT2D eigenvalue weighted by atomic mass is 16.5. The molecule has 8 heteroatoms. The second-order valence-corrected chi connectivity index (χ2v) is 9.58. The van der Waals surface area contributed by atoms with E-state index in [-0.39, 0.29) is 17.4 Å². The third kappa shape index (κ3) is 7.18. The van der Waals surface area contributed by atoms with Crippen LogP contribution in [0.25, 0.3) is 5.57 Å². The standard InChI is InChI=1S/C28H36N4O4/c1-5-36-27(35)20-9-14-23-24(26(34)31-25(23)18-20)8-6-7-16-30-21-10-12-22(13-11-21)32(19(2)33)17-15-28(3,4)29/h8-14,18,30H,5-7,15-17,29H2,1-4H3,(H,31,34). The number of unbranched alkanes of at least 4 members (excludes halogenated alkanes) is 1. The number of fused-ring (bicyclic) bond motifs is 1. The second kappa shape index (κ2) is 11.9. The third-order valence-electron chi connectivity index (χ3n) is 5.91. The summed E-state index contributed by atoms with van der Waals surface area (Å²) in [6.45, 7) is 8.83. The van der Waals surface area contributed by atoms with E-state index in [0.717, 1.165) is 36.3 Å². The van der Waals surface area contributed by atoms with Crippen LogP contribution < -0.4 is 21.3 Å². The zero-order valence-electron chi connectivity index (χ0n) is 21.5.